The van der Waals surface area contributed by atoms with E-state index in [-0.39, 0.29) is 39.3 Å². The van der Waals surface area contributed by atoms with Crippen molar-refractivity contribution in [3.05, 3.63) is 28.8 Å². The molecule has 0 aromatic heterocycles. The van der Waals surface area contributed by atoms with Crippen molar-refractivity contribution in [3.63, 3.8) is 0 Å². The third kappa shape index (κ3) is 4.23. The largest absolute Gasteiger partial charge is 0.393 e. The topological polar surface area (TPSA) is 90.5 Å². The van der Waals surface area contributed by atoms with Crippen LogP contribution in [0.1, 0.15) is 58.4 Å². The van der Waals surface area contributed by atoms with Crippen LogP contribution < -0.4 is 16.0 Å². The highest BCUT2D eigenvalue weighted by Crippen LogP contribution is 2.52. The highest BCUT2D eigenvalue weighted by atomic mass is 127. The molecule has 1 saturated carbocycles. The van der Waals surface area contributed by atoms with Gasteiger partial charge >= 0.3 is 0 Å². The maximum absolute atomic E-state index is 13.5. The van der Waals surface area contributed by atoms with E-state index in [0.29, 0.717) is 17.9 Å². The molecule has 4 N–H and O–H groups in total. The zero-order valence-corrected chi connectivity index (χ0v) is 21.1. The molecule has 2 amide bonds. The van der Waals surface area contributed by atoms with Crippen LogP contribution in [0.2, 0.25) is 5.02 Å². The zero-order valence-electron chi connectivity index (χ0n) is 18.2. The summed E-state index contributed by atoms with van der Waals surface area (Å²) in [4.78, 5) is 26.8. The quantitative estimate of drug-likeness (QED) is 0.337. The van der Waals surface area contributed by atoms with Crippen molar-refractivity contribution in [2.45, 2.75) is 86.4 Å². The summed E-state index contributed by atoms with van der Waals surface area (Å²) in [6.45, 7) is 6.46. The number of alkyl halides is 1. The smallest absolute Gasteiger partial charge is 0.238 e. The molecule has 0 radical (unpaired) electrons. The summed E-state index contributed by atoms with van der Waals surface area (Å²) < 4.78 is -0.256. The number of halogens is 2. The number of rotatable bonds is 3. The molecule has 4 rings (SSSR count). The number of aliphatic hydroxyl groups is 1. The maximum Gasteiger partial charge on any atom is 0.238 e. The Labute approximate surface area is 202 Å². The zero-order chi connectivity index (χ0) is 22.6. The molecule has 2 fully saturated rings. The van der Waals surface area contributed by atoms with Gasteiger partial charge in [-0.15, -0.1) is 0 Å². The molecule has 2 heterocycles. The predicted molar refractivity (Wildman–Crippen MR) is 131 cm³/mol. The van der Waals surface area contributed by atoms with Gasteiger partial charge in [0.2, 0.25) is 11.8 Å². The van der Waals surface area contributed by atoms with Crippen LogP contribution in [0.3, 0.4) is 0 Å². The minimum atomic E-state index is -0.835. The van der Waals surface area contributed by atoms with E-state index in [0.717, 1.165) is 30.5 Å². The Kier molecular flexibility index (Phi) is 6.35. The number of fused-ring (bicyclic) bond motifs is 2. The highest BCUT2D eigenvalue weighted by Gasteiger charge is 2.64. The van der Waals surface area contributed by atoms with Crippen LogP contribution in [0.15, 0.2) is 18.2 Å². The van der Waals surface area contributed by atoms with Crippen LogP contribution in [0.5, 0.6) is 0 Å². The SMILES string of the molecule is CC(C)(C)C[C@@H]1N[C@H](C(=O)NC2CCC(O)CC2)[C@@H](I)[C@]12C(=O)Nc1cc(Cl)ccc12. The summed E-state index contributed by atoms with van der Waals surface area (Å²) in [6.07, 6.45) is 3.48. The second kappa shape index (κ2) is 8.47. The van der Waals surface area contributed by atoms with Crippen molar-refractivity contribution in [3.8, 4) is 0 Å². The molecule has 2 aliphatic heterocycles. The highest BCUT2D eigenvalue weighted by molar-refractivity contribution is 14.1. The van der Waals surface area contributed by atoms with Crippen molar-refractivity contribution in [1.82, 2.24) is 10.6 Å². The Morgan fingerprint density at radius 2 is 1.97 bits per heavy atom. The van der Waals surface area contributed by atoms with Gasteiger partial charge in [-0.3, -0.25) is 9.59 Å². The third-order valence-corrected chi connectivity index (χ3v) is 8.79. The number of benzene rings is 1. The van der Waals surface area contributed by atoms with E-state index in [1.165, 1.54) is 0 Å². The van der Waals surface area contributed by atoms with Crippen molar-refractivity contribution < 1.29 is 14.7 Å². The summed E-state index contributed by atoms with van der Waals surface area (Å²) in [7, 11) is 0. The Hall–Kier alpha value is -0.900. The first-order valence-electron chi connectivity index (χ1n) is 11.0. The van der Waals surface area contributed by atoms with Gasteiger partial charge in [0, 0.05) is 22.8 Å². The number of amides is 2. The third-order valence-electron chi connectivity index (χ3n) is 6.85. The molecule has 8 heteroatoms. The van der Waals surface area contributed by atoms with Gasteiger partial charge in [0.05, 0.1) is 10.0 Å². The van der Waals surface area contributed by atoms with Crippen LogP contribution in [0, 0.1) is 5.41 Å². The van der Waals surface area contributed by atoms with E-state index in [9.17, 15) is 14.7 Å². The molecular formula is C23H31ClIN3O3. The molecule has 4 atom stereocenters. The number of aliphatic hydroxyl groups excluding tert-OH is 1. The number of carbonyl (C=O) groups excluding carboxylic acids is 2. The second-order valence-electron chi connectivity index (χ2n) is 10.4. The van der Waals surface area contributed by atoms with E-state index in [1.54, 1.807) is 6.07 Å². The molecule has 1 aromatic carbocycles. The number of anilines is 1. The Balaban J connectivity index is 1.66. The lowest BCUT2D eigenvalue weighted by molar-refractivity contribution is -0.123. The van der Waals surface area contributed by atoms with Gasteiger partial charge in [0.25, 0.3) is 0 Å². The van der Waals surface area contributed by atoms with Crippen molar-refractivity contribution in [2.75, 3.05) is 5.32 Å². The number of hydrogen-bond acceptors (Lipinski definition) is 4. The van der Waals surface area contributed by atoms with Crippen LogP contribution in [0.4, 0.5) is 5.69 Å². The van der Waals surface area contributed by atoms with Gasteiger partial charge in [-0.1, -0.05) is 61.0 Å². The van der Waals surface area contributed by atoms with E-state index in [4.69, 9.17) is 11.6 Å². The first-order chi connectivity index (χ1) is 14.5. The standard InChI is InChI=1S/C23H31ClIN3O3/c1-22(2,3)11-17-23(15-9-4-12(24)10-16(15)27-21(23)31)19(25)18(28-17)20(30)26-13-5-7-14(29)8-6-13/h4,9-10,13-14,17-19,28-29H,5-8,11H2,1-3H3,(H,26,30)(H,27,31)/t13?,14?,17-,18-,19+,23+/m0/s1. The maximum atomic E-state index is 13.5. The van der Waals surface area contributed by atoms with Gasteiger partial charge in [-0.2, -0.15) is 0 Å². The van der Waals surface area contributed by atoms with E-state index in [1.807, 2.05) is 12.1 Å². The first-order valence-corrected chi connectivity index (χ1v) is 12.6. The summed E-state index contributed by atoms with van der Waals surface area (Å²) >= 11 is 8.48. The molecule has 3 aliphatic rings. The number of hydrogen-bond donors (Lipinski definition) is 4. The lowest BCUT2D eigenvalue weighted by Crippen LogP contribution is -2.51. The Bertz CT molecular complexity index is 881. The van der Waals surface area contributed by atoms with Gasteiger partial charge in [-0.25, -0.2) is 0 Å². The van der Waals surface area contributed by atoms with Crippen molar-refractivity contribution in [1.29, 1.82) is 0 Å². The summed E-state index contributed by atoms with van der Waals surface area (Å²) in [5.41, 5.74) is 0.793. The molecule has 1 aromatic rings. The monoisotopic (exact) mass is 559 g/mol. The van der Waals surface area contributed by atoms with Gasteiger partial charge in [-0.05, 0) is 55.2 Å². The fraction of sp³-hybridized carbons (Fsp3) is 0.652. The number of carbonyl (C=O) groups is 2. The predicted octanol–water partition coefficient (Wildman–Crippen LogP) is 3.53. The first kappa shape index (κ1) is 23.3. The molecule has 1 aliphatic carbocycles. The molecule has 0 bridgehead atoms. The molecule has 0 unspecified atom stereocenters. The summed E-state index contributed by atoms with van der Waals surface area (Å²) in [6, 6.07) is 4.96. The van der Waals surface area contributed by atoms with Gasteiger partial charge in [0.1, 0.15) is 11.5 Å². The fourth-order valence-electron chi connectivity index (χ4n) is 5.39. The van der Waals surface area contributed by atoms with E-state index >= 15 is 0 Å². The lowest BCUT2D eigenvalue weighted by Gasteiger charge is -2.35. The lowest BCUT2D eigenvalue weighted by atomic mass is 9.70. The second-order valence-corrected chi connectivity index (χ2v) is 12.2. The van der Waals surface area contributed by atoms with E-state index < -0.39 is 11.5 Å². The minimum absolute atomic E-state index is 0.0264. The van der Waals surface area contributed by atoms with Crippen molar-refractivity contribution in [2.24, 2.45) is 5.41 Å². The van der Waals surface area contributed by atoms with Crippen LogP contribution in [0.25, 0.3) is 0 Å². The van der Waals surface area contributed by atoms with E-state index in [2.05, 4.69) is 59.3 Å². The molecule has 6 nitrogen and oxygen atoms in total. The molecule has 31 heavy (non-hydrogen) atoms. The average Bonchev–Trinajstić information content (AvgIpc) is 3.12. The molecule has 1 spiro atoms. The molecule has 170 valence electrons. The fourth-order valence-corrected chi connectivity index (χ4v) is 7.15. The molecule has 1 saturated heterocycles. The van der Waals surface area contributed by atoms with Crippen LogP contribution in [-0.4, -0.2) is 45.1 Å². The Morgan fingerprint density at radius 3 is 2.61 bits per heavy atom. The van der Waals surface area contributed by atoms with Gasteiger partial charge < -0.3 is 21.1 Å². The van der Waals surface area contributed by atoms with Gasteiger partial charge in [0.15, 0.2) is 0 Å². The van der Waals surface area contributed by atoms with Crippen LogP contribution in [-0.2, 0) is 15.0 Å². The normalized spacial score (nSPS) is 35.2. The van der Waals surface area contributed by atoms with Crippen molar-refractivity contribution >= 4 is 51.7 Å². The van der Waals surface area contributed by atoms with Crippen LogP contribution >= 0.6 is 34.2 Å². The average molecular weight is 560 g/mol. The number of nitrogens with one attached hydrogen (secondary N) is 3. The Morgan fingerprint density at radius 1 is 1.29 bits per heavy atom. The summed E-state index contributed by atoms with van der Waals surface area (Å²) in [5, 5.41) is 20.1. The molecular weight excluding hydrogens is 529 g/mol. The summed E-state index contributed by atoms with van der Waals surface area (Å²) in [5.74, 6) is -0.131. The minimum Gasteiger partial charge on any atom is -0.393 e.